The van der Waals surface area contributed by atoms with Crippen LogP contribution in [0, 0.1) is 11.8 Å². The zero-order valence-electron chi connectivity index (χ0n) is 12.8. The Morgan fingerprint density at radius 1 is 1.15 bits per heavy atom. The van der Waals surface area contributed by atoms with E-state index in [4.69, 9.17) is 0 Å². The van der Waals surface area contributed by atoms with Gasteiger partial charge in [0.25, 0.3) is 0 Å². The lowest BCUT2D eigenvalue weighted by atomic mass is 9.81. The number of nitrogens with one attached hydrogen (secondary N) is 2. The summed E-state index contributed by atoms with van der Waals surface area (Å²) >= 11 is 1.57. The predicted molar refractivity (Wildman–Crippen MR) is 87.6 cm³/mol. The minimum absolute atomic E-state index is 0.795. The fraction of sp³-hybridized carbons (Fsp3) is 0.733. The Hall–Kier alpha value is -0.970. The number of nitrogens with zero attached hydrogens (tertiary/aromatic N) is 2. The lowest BCUT2D eigenvalue weighted by molar-refractivity contribution is 0.278. The summed E-state index contributed by atoms with van der Waals surface area (Å²) in [5, 5.41) is 7.40. The summed E-state index contributed by atoms with van der Waals surface area (Å²) in [7, 11) is 1.89. The van der Waals surface area contributed by atoms with Crippen molar-refractivity contribution in [2.24, 2.45) is 11.8 Å². The maximum Gasteiger partial charge on any atom is 0.191 e. The highest BCUT2D eigenvalue weighted by Gasteiger charge is 2.19. The van der Waals surface area contributed by atoms with Crippen LogP contribution in [0.15, 0.2) is 11.2 Å². The summed E-state index contributed by atoms with van der Waals surface area (Å²) in [5.74, 6) is 3.57. The minimum Gasteiger partial charge on any atom is -0.373 e. The lowest BCUT2D eigenvalue weighted by Gasteiger charge is -2.28. The van der Waals surface area contributed by atoms with Crippen LogP contribution in [-0.4, -0.2) is 29.8 Å². The first-order chi connectivity index (χ1) is 9.75. The Balaban J connectivity index is 1.87. The van der Waals surface area contributed by atoms with Crippen molar-refractivity contribution in [3.8, 4) is 0 Å². The standard InChI is InChI=1S/C15H26N4S/c1-4-11-5-7-12(8-6-11)10-17-14-9-13(16-2)18-15(19-14)20-3/h9,11-12H,4-8,10H2,1-3H3,(H2,16,17,18,19). The van der Waals surface area contributed by atoms with Gasteiger partial charge in [0.05, 0.1) is 0 Å². The van der Waals surface area contributed by atoms with E-state index >= 15 is 0 Å². The second-order valence-corrected chi connectivity index (χ2v) is 6.32. The van der Waals surface area contributed by atoms with Gasteiger partial charge >= 0.3 is 0 Å². The Morgan fingerprint density at radius 3 is 2.40 bits per heavy atom. The van der Waals surface area contributed by atoms with Gasteiger partial charge in [-0.25, -0.2) is 9.97 Å². The van der Waals surface area contributed by atoms with Gasteiger partial charge in [-0.2, -0.15) is 0 Å². The van der Waals surface area contributed by atoms with Crippen molar-refractivity contribution >= 4 is 23.4 Å². The molecule has 1 fully saturated rings. The highest BCUT2D eigenvalue weighted by atomic mass is 32.2. The second kappa shape index (κ2) is 7.72. The maximum absolute atomic E-state index is 4.52. The molecule has 2 rings (SSSR count). The van der Waals surface area contributed by atoms with E-state index < -0.39 is 0 Å². The summed E-state index contributed by atoms with van der Waals surface area (Å²) in [5.41, 5.74) is 0. The molecule has 5 heteroatoms. The third-order valence-corrected chi connectivity index (χ3v) is 4.81. The summed E-state index contributed by atoms with van der Waals surface area (Å²) in [6.07, 6.45) is 8.84. The fourth-order valence-electron chi connectivity index (χ4n) is 2.83. The SMILES string of the molecule is CCC1CCC(CNc2cc(NC)nc(SC)n2)CC1. The van der Waals surface area contributed by atoms with Crippen molar-refractivity contribution in [1.82, 2.24) is 9.97 Å². The Bertz CT molecular complexity index is 394. The number of hydrogen-bond donors (Lipinski definition) is 2. The van der Waals surface area contributed by atoms with E-state index in [-0.39, 0.29) is 0 Å². The molecule has 1 aliphatic carbocycles. The zero-order chi connectivity index (χ0) is 14.4. The Kier molecular flexibility index (Phi) is 5.95. The van der Waals surface area contributed by atoms with Gasteiger partial charge in [-0.3, -0.25) is 0 Å². The Labute approximate surface area is 126 Å². The van der Waals surface area contributed by atoms with E-state index in [1.165, 1.54) is 32.1 Å². The van der Waals surface area contributed by atoms with Gasteiger partial charge in [0.2, 0.25) is 0 Å². The van der Waals surface area contributed by atoms with Crippen molar-refractivity contribution < 1.29 is 0 Å². The number of aromatic nitrogens is 2. The fourth-order valence-corrected chi connectivity index (χ4v) is 3.21. The summed E-state index contributed by atoms with van der Waals surface area (Å²) in [4.78, 5) is 8.90. The van der Waals surface area contributed by atoms with Gasteiger partial charge in [0, 0.05) is 19.7 Å². The molecular weight excluding hydrogens is 268 g/mol. The van der Waals surface area contributed by atoms with Crippen LogP contribution in [0.3, 0.4) is 0 Å². The van der Waals surface area contributed by atoms with Crippen molar-refractivity contribution in [3.05, 3.63) is 6.07 Å². The minimum atomic E-state index is 0.795. The summed E-state index contributed by atoms with van der Waals surface area (Å²) in [6.45, 7) is 3.35. The average molecular weight is 294 g/mol. The molecule has 112 valence electrons. The molecule has 0 saturated heterocycles. The molecule has 0 aromatic carbocycles. The lowest BCUT2D eigenvalue weighted by Crippen LogP contribution is -2.21. The van der Waals surface area contributed by atoms with Gasteiger partial charge in [0.15, 0.2) is 5.16 Å². The molecule has 0 unspecified atom stereocenters. The normalized spacial score (nSPS) is 22.6. The first kappa shape index (κ1) is 15.4. The molecular formula is C15H26N4S. The first-order valence-electron chi connectivity index (χ1n) is 7.59. The molecule has 2 N–H and O–H groups in total. The van der Waals surface area contributed by atoms with Gasteiger partial charge < -0.3 is 10.6 Å². The molecule has 0 amide bonds. The molecule has 1 saturated carbocycles. The van der Waals surface area contributed by atoms with Gasteiger partial charge in [0.1, 0.15) is 11.6 Å². The van der Waals surface area contributed by atoms with Crippen molar-refractivity contribution in [3.63, 3.8) is 0 Å². The van der Waals surface area contributed by atoms with Crippen LogP contribution in [0.4, 0.5) is 11.6 Å². The number of thioether (sulfide) groups is 1. The molecule has 0 atom stereocenters. The van der Waals surface area contributed by atoms with E-state index in [9.17, 15) is 0 Å². The molecule has 4 nitrogen and oxygen atoms in total. The van der Waals surface area contributed by atoms with E-state index in [1.54, 1.807) is 11.8 Å². The maximum atomic E-state index is 4.52. The topological polar surface area (TPSA) is 49.8 Å². The smallest absolute Gasteiger partial charge is 0.191 e. The molecule has 20 heavy (non-hydrogen) atoms. The molecule has 0 bridgehead atoms. The monoisotopic (exact) mass is 294 g/mol. The van der Waals surface area contributed by atoms with Crippen LogP contribution in [0.1, 0.15) is 39.0 Å². The summed E-state index contributed by atoms with van der Waals surface area (Å²) < 4.78 is 0. The number of hydrogen-bond acceptors (Lipinski definition) is 5. The third-order valence-electron chi connectivity index (χ3n) is 4.26. The highest BCUT2D eigenvalue weighted by molar-refractivity contribution is 7.98. The molecule has 0 spiro atoms. The molecule has 0 radical (unpaired) electrons. The highest BCUT2D eigenvalue weighted by Crippen LogP contribution is 2.30. The quantitative estimate of drug-likeness (QED) is 0.616. The molecule has 1 aromatic rings. The van der Waals surface area contributed by atoms with Crippen LogP contribution in [0.25, 0.3) is 0 Å². The average Bonchev–Trinajstić information content (AvgIpc) is 2.53. The van der Waals surface area contributed by atoms with E-state index in [0.29, 0.717) is 0 Å². The first-order valence-corrected chi connectivity index (χ1v) is 8.82. The molecule has 1 heterocycles. The predicted octanol–water partition coefficient (Wildman–Crippen LogP) is 3.87. The molecule has 1 aliphatic rings. The Morgan fingerprint density at radius 2 is 1.80 bits per heavy atom. The van der Waals surface area contributed by atoms with Gasteiger partial charge in [-0.1, -0.05) is 37.9 Å². The van der Waals surface area contributed by atoms with E-state index in [1.807, 2.05) is 19.4 Å². The van der Waals surface area contributed by atoms with Crippen LogP contribution >= 0.6 is 11.8 Å². The van der Waals surface area contributed by atoms with E-state index in [0.717, 1.165) is 35.2 Å². The van der Waals surface area contributed by atoms with Gasteiger partial charge in [-0.05, 0) is 30.9 Å². The second-order valence-electron chi connectivity index (χ2n) is 5.55. The van der Waals surface area contributed by atoms with Crippen LogP contribution in [-0.2, 0) is 0 Å². The summed E-state index contributed by atoms with van der Waals surface area (Å²) in [6, 6.07) is 1.98. The van der Waals surface area contributed by atoms with Crippen molar-refractivity contribution in [2.45, 2.75) is 44.2 Å². The zero-order valence-corrected chi connectivity index (χ0v) is 13.6. The van der Waals surface area contributed by atoms with Crippen LogP contribution in [0.5, 0.6) is 0 Å². The van der Waals surface area contributed by atoms with Gasteiger partial charge in [-0.15, -0.1) is 0 Å². The van der Waals surface area contributed by atoms with Crippen LogP contribution < -0.4 is 10.6 Å². The largest absolute Gasteiger partial charge is 0.373 e. The molecule has 1 aromatic heterocycles. The van der Waals surface area contributed by atoms with Crippen molar-refractivity contribution in [1.29, 1.82) is 0 Å². The molecule has 0 aliphatic heterocycles. The number of anilines is 2. The van der Waals surface area contributed by atoms with Crippen LogP contribution in [0.2, 0.25) is 0 Å². The third kappa shape index (κ3) is 4.27. The van der Waals surface area contributed by atoms with Crippen molar-refractivity contribution in [2.75, 3.05) is 30.5 Å². The number of rotatable bonds is 6. The van der Waals surface area contributed by atoms with E-state index in [2.05, 4.69) is 27.5 Å².